The Kier molecular flexibility index (Phi) is 5.90. The van der Waals surface area contributed by atoms with Gasteiger partial charge in [-0.05, 0) is 31.2 Å². The molecule has 0 aliphatic carbocycles. The van der Waals surface area contributed by atoms with Gasteiger partial charge in [0.2, 0.25) is 0 Å². The number of nitro benzene ring substituents is 1. The first-order chi connectivity index (χ1) is 15.0. The number of hydrogen-bond donors (Lipinski definition) is 0. The molecule has 0 aliphatic rings. The maximum absolute atomic E-state index is 12.6. The highest BCUT2D eigenvalue weighted by Gasteiger charge is 2.18. The lowest BCUT2D eigenvalue weighted by Crippen LogP contribution is -2.05. The Morgan fingerprint density at radius 3 is 2.29 bits per heavy atom. The average Bonchev–Trinajstić information content (AvgIpc) is 3.22. The smallest absolute Gasteiger partial charge is 0.269 e. The number of thioether (sulfide) groups is 1. The van der Waals surface area contributed by atoms with Gasteiger partial charge in [-0.3, -0.25) is 19.5 Å². The number of rotatable bonds is 7. The van der Waals surface area contributed by atoms with Crippen LogP contribution in [0, 0.1) is 17.0 Å². The van der Waals surface area contributed by atoms with Crippen LogP contribution in [0.15, 0.2) is 84.0 Å². The maximum atomic E-state index is 12.6. The molecule has 1 heterocycles. The molecule has 0 unspecified atom stereocenters. The van der Waals surface area contributed by atoms with Gasteiger partial charge in [0.25, 0.3) is 5.69 Å². The fourth-order valence-corrected chi connectivity index (χ4v) is 3.89. The molecule has 154 valence electrons. The minimum absolute atomic E-state index is 0.0456. The lowest BCUT2D eigenvalue weighted by Gasteiger charge is -2.10. The third-order valence-corrected chi connectivity index (χ3v) is 5.62. The Labute approximate surface area is 182 Å². The molecule has 0 saturated carbocycles. The zero-order valence-corrected chi connectivity index (χ0v) is 17.5. The van der Waals surface area contributed by atoms with Crippen LogP contribution in [0.4, 0.5) is 5.69 Å². The first-order valence-electron chi connectivity index (χ1n) is 9.51. The molecule has 1 aromatic heterocycles. The summed E-state index contributed by atoms with van der Waals surface area (Å²) in [5.41, 5.74) is 3.35. The molecule has 31 heavy (non-hydrogen) atoms. The number of hydrogen-bond acceptors (Lipinski definition) is 6. The van der Waals surface area contributed by atoms with Crippen molar-refractivity contribution in [3.05, 3.63) is 100 Å². The molecule has 7 nitrogen and oxygen atoms in total. The third kappa shape index (κ3) is 4.54. The van der Waals surface area contributed by atoms with E-state index in [9.17, 15) is 14.9 Å². The molecule has 4 aromatic rings. The summed E-state index contributed by atoms with van der Waals surface area (Å²) in [5, 5.41) is 20.1. The summed E-state index contributed by atoms with van der Waals surface area (Å²) in [5.74, 6) is 0.687. The summed E-state index contributed by atoms with van der Waals surface area (Å²) in [4.78, 5) is 22.9. The second-order valence-corrected chi connectivity index (χ2v) is 7.80. The molecule has 0 amide bonds. The molecule has 0 aliphatic heterocycles. The van der Waals surface area contributed by atoms with Gasteiger partial charge in [-0.1, -0.05) is 59.8 Å². The van der Waals surface area contributed by atoms with Crippen LogP contribution in [-0.2, 0) is 0 Å². The number of non-ortho nitro benzene ring substituents is 1. The molecule has 0 bridgehead atoms. The second kappa shape index (κ2) is 8.93. The van der Waals surface area contributed by atoms with Crippen molar-refractivity contribution >= 4 is 23.2 Å². The number of carbonyl (C=O) groups is 1. The van der Waals surface area contributed by atoms with Gasteiger partial charge in [-0.25, -0.2) is 0 Å². The van der Waals surface area contributed by atoms with Crippen LogP contribution in [-0.4, -0.2) is 31.2 Å². The van der Waals surface area contributed by atoms with E-state index in [1.807, 2.05) is 66.1 Å². The van der Waals surface area contributed by atoms with Crippen LogP contribution in [0.3, 0.4) is 0 Å². The summed E-state index contributed by atoms with van der Waals surface area (Å²) in [6, 6.07) is 23.4. The van der Waals surface area contributed by atoms with E-state index in [1.165, 1.54) is 36.0 Å². The first kappa shape index (κ1) is 20.5. The predicted molar refractivity (Wildman–Crippen MR) is 120 cm³/mol. The van der Waals surface area contributed by atoms with Crippen LogP contribution in [0.25, 0.3) is 17.1 Å². The Bertz CT molecular complexity index is 1220. The Hall–Kier alpha value is -3.78. The van der Waals surface area contributed by atoms with E-state index in [2.05, 4.69) is 10.2 Å². The van der Waals surface area contributed by atoms with Gasteiger partial charge >= 0.3 is 0 Å². The van der Waals surface area contributed by atoms with Crippen molar-refractivity contribution in [2.75, 3.05) is 5.75 Å². The summed E-state index contributed by atoms with van der Waals surface area (Å²) < 4.78 is 1.93. The number of carbonyl (C=O) groups excluding carboxylic acids is 1. The largest absolute Gasteiger partial charge is 0.293 e. The minimum atomic E-state index is -0.488. The van der Waals surface area contributed by atoms with E-state index in [0.29, 0.717) is 16.5 Å². The molecule has 0 spiro atoms. The number of aryl methyl sites for hydroxylation is 1. The van der Waals surface area contributed by atoms with Gasteiger partial charge in [0.15, 0.2) is 16.8 Å². The number of aromatic nitrogens is 3. The van der Waals surface area contributed by atoms with Gasteiger partial charge in [-0.15, -0.1) is 10.2 Å². The molecule has 0 saturated heterocycles. The topological polar surface area (TPSA) is 90.9 Å². The Balaban J connectivity index is 1.61. The molecule has 4 rings (SSSR count). The summed E-state index contributed by atoms with van der Waals surface area (Å²) in [7, 11) is 0. The lowest BCUT2D eigenvalue weighted by molar-refractivity contribution is -0.384. The van der Waals surface area contributed by atoms with Crippen molar-refractivity contribution in [2.24, 2.45) is 0 Å². The minimum Gasteiger partial charge on any atom is -0.293 e. The van der Waals surface area contributed by atoms with Crippen molar-refractivity contribution in [3.63, 3.8) is 0 Å². The molecule has 8 heteroatoms. The van der Waals surface area contributed by atoms with Crippen LogP contribution < -0.4 is 0 Å². The fourth-order valence-electron chi connectivity index (χ4n) is 3.05. The Morgan fingerprint density at radius 1 is 0.968 bits per heavy atom. The lowest BCUT2D eigenvalue weighted by atomic mass is 10.1. The van der Waals surface area contributed by atoms with E-state index in [4.69, 9.17) is 0 Å². The summed E-state index contributed by atoms with van der Waals surface area (Å²) >= 11 is 1.28. The van der Waals surface area contributed by atoms with Crippen molar-refractivity contribution < 1.29 is 9.72 Å². The highest BCUT2D eigenvalue weighted by molar-refractivity contribution is 7.99. The summed E-state index contributed by atoms with van der Waals surface area (Å²) in [6.45, 7) is 2.02. The van der Waals surface area contributed by atoms with Gasteiger partial charge in [-0.2, -0.15) is 0 Å². The molecule has 0 fully saturated rings. The molecule has 3 aromatic carbocycles. The zero-order valence-electron chi connectivity index (χ0n) is 16.6. The monoisotopic (exact) mass is 430 g/mol. The predicted octanol–water partition coefficient (Wildman–Crippen LogP) is 5.13. The van der Waals surface area contributed by atoms with Crippen LogP contribution in [0.2, 0.25) is 0 Å². The van der Waals surface area contributed by atoms with Crippen molar-refractivity contribution in [1.82, 2.24) is 14.8 Å². The SMILES string of the molecule is Cc1ccc(-c2nnc(SCC(=O)c3ccc([N+](=O)[O-])cc3)n2-c2ccccc2)cc1. The number of para-hydroxylation sites is 1. The van der Waals surface area contributed by atoms with Gasteiger partial charge in [0, 0.05) is 28.9 Å². The Morgan fingerprint density at radius 2 is 1.65 bits per heavy atom. The summed E-state index contributed by atoms with van der Waals surface area (Å²) in [6.07, 6.45) is 0. The van der Waals surface area contributed by atoms with E-state index in [0.717, 1.165) is 16.8 Å². The highest BCUT2D eigenvalue weighted by atomic mass is 32.2. The van der Waals surface area contributed by atoms with Gasteiger partial charge < -0.3 is 0 Å². The van der Waals surface area contributed by atoms with Crippen LogP contribution in [0.5, 0.6) is 0 Å². The molecular formula is C23H18N4O3S. The molecule has 0 N–H and O–H groups in total. The standard InChI is InChI=1S/C23H18N4O3S/c1-16-7-9-18(10-8-16)22-24-25-23(26(22)19-5-3-2-4-6-19)31-15-21(28)17-11-13-20(14-12-17)27(29)30/h2-14H,15H2,1H3. The van der Waals surface area contributed by atoms with E-state index < -0.39 is 4.92 Å². The van der Waals surface area contributed by atoms with Crippen molar-refractivity contribution in [2.45, 2.75) is 12.1 Å². The van der Waals surface area contributed by atoms with Crippen molar-refractivity contribution in [1.29, 1.82) is 0 Å². The number of benzene rings is 3. The van der Waals surface area contributed by atoms with E-state index >= 15 is 0 Å². The van der Waals surface area contributed by atoms with Gasteiger partial charge in [0.1, 0.15) is 0 Å². The number of Topliss-reactive ketones (excluding diaryl/α,β-unsaturated/α-hetero) is 1. The zero-order chi connectivity index (χ0) is 21.8. The highest BCUT2D eigenvalue weighted by Crippen LogP contribution is 2.28. The normalized spacial score (nSPS) is 10.7. The molecule has 0 atom stereocenters. The number of ketones is 1. The van der Waals surface area contributed by atoms with Gasteiger partial charge in [0.05, 0.1) is 10.7 Å². The van der Waals surface area contributed by atoms with Crippen molar-refractivity contribution in [3.8, 4) is 17.1 Å². The number of nitro groups is 1. The quantitative estimate of drug-likeness (QED) is 0.175. The fraction of sp³-hybridized carbons (Fsp3) is 0.0870. The second-order valence-electron chi connectivity index (χ2n) is 6.86. The first-order valence-corrected chi connectivity index (χ1v) is 10.5. The van der Waals surface area contributed by atoms with E-state index in [-0.39, 0.29) is 17.2 Å². The van der Waals surface area contributed by atoms with Crippen LogP contribution in [0.1, 0.15) is 15.9 Å². The molecular weight excluding hydrogens is 412 g/mol. The van der Waals surface area contributed by atoms with E-state index in [1.54, 1.807) is 0 Å². The molecule has 0 radical (unpaired) electrons. The third-order valence-electron chi connectivity index (χ3n) is 4.69. The number of nitrogens with zero attached hydrogens (tertiary/aromatic N) is 4. The average molecular weight is 430 g/mol. The maximum Gasteiger partial charge on any atom is 0.269 e. The van der Waals surface area contributed by atoms with Crippen LogP contribution >= 0.6 is 11.8 Å².